The van der Waals surface area contributed by atoms with Crippen molar-refractivity contribution in [2.24, 2.45) is 4.99 Å². The predicted molar refractivity (Wildman–Crippen MR) is 85.1 cm³/mol. The van der Waals surface area contributed by atoms with Crippen LogP contribution in [0.4, 0.5) is 0 Å². The van der Waals surface area contributed by atoms with Gasteiger partial charge < -0.3 is 20.1 Å². The van der Waals surface area contributed by atoms with Crippen LogP contribution in [0.2, 0.25) is 0 Å². The maximum absolute atomic E-state index is 6.17. The van der Waals surface area contributed by atoms with E-state index in [1.807, 2.05) is 25.2 Å². The second-order valence-electron chi connectivity index (χ2n) is 5.17. The Kier molecular flexibility index (Phi) is 5.72. The first-order chi connectivity index (χ1) is 10.3. The first-order valence-corrected chi connectivity index (χ1v) is 7.48. The van der Waals surface area contributed by atoms with E-state index in [1.165, 1.54) is 12.8 Å². The minimum Gasteiger partial charge on any atom is -0.497 e. The van der Waals surface area contributed by atoms with E-state index in [9.17, 15) is 0 Å². The number of hydrogen-bond donors (Lipinski definition) is 2. The molecule has 0 aromatic heterocycles. The van der Waals surface area contributed by atoms with Gasteiger partial charge in [-0.2, -0.15) is 0 Å². The molecule has 0 radical (unpaired) electrons. The van der Waals surface area contributed by atoms with Gasteiger partial charge in [0.15, 0.2) is 5.96 Å². The van der Waals surface area contributed by atoms with Gasteiger partial charge in [-0.15, -0.1) is 0 Å². The third-order valence-electron chi connectivity index (χ3n) is 3.78. The summed E-state index contributed by atoms with van der Waals surface area (Å²) in [4.78, 5) is 4.12. The molecule has 21 heavy (non-hydrogen) atoms. The van der Waals surface area contributed by atoms with Gasteiger partial charge in [0, 0.05) is 32.3 Å². The third kappa shape index (κ3) is 4.28. The lowest BCUT2D eigenvalue weighted by molar-refractivity contribution is 0.207. The lowest BCUT2D eigenvalue weighted by atomic mass is 10.2. The lowest BCUT2D eigenvalue weighted by Crippen LogP contribution is -2.34. The van der Waals surface area contributed by atoms with E-state index in [0.29, 0.717) is 12.6 Å². The molecule has 0 aliphatic heterocycles. The fourth-order valence-corrected chi connectivity index (χ4v) is 2.56. The number of methoxy groups -OCH3 is 1. The van der Waals surface area contributed by atoms with Crippen LogP contribution in [0.5, 0.6) is 11.5 Å². The second kappa shape index (κ2) is 7.76. The molecule has 0 saturated heterocycles. The summed E-state index contributed by atoms with van der Waals surface area (Å²) in [6, 6.07) is 5.97. The van der Waals surface area contributed by atoms with Crippen molar-refractivity contribution < 1.29 is 9.47 Å². The number of nitrogens with one attached hydrogen (secondary N) is 2. The maximum atomic E-state index is 6.17. The first-order valence-electron chi connectivity index (χ1n) is 7.48. The number of ether oxygens (including phenoxy) is 2. The fourth-order valence-electron chi connectivity index (χ4n) is 2.56. The predicted octanol–water partition coefficient (Wildman–Crippen LogP) is 2.31. The lowest BCUT2D eigenvalue weighted by Gasteiger charge is -2.18. The zero-order chi connectivity index (χ0) is 15.1. The number of guanidine groups is 1. The summed E-state index contributed by atoms with van der Waals surface area (Å²) >= 11 is 0. The standard InChI is InChI=1S/C16H25N3O2/c1-17-16(18-2)19-11-12-8-9-14(20-3)10-15(12)21-13-6-4-5-7-13/h8-10,13H,4-7,11H2,1-3H3,(H2,17,18,19). The Morgan fingerprint density at radius 3 is 2.71 bits per heavy atom. The zero-order valence-electron chi connectivity index (χ0n) is 13.1. The highest BCUT2D eigenvalue weighted by atomic mass is 16.5. The van der Waals surface area contributed by atoms with Crippen molar-refractivity contribution in [1.82, 2.24) is 10.6 Å². The molecule has 5 nitrogen and oxygen atoms in total. The normalized spacial score (nSPS) is 15.9. The molecule has 0 spiro atoms. The molecule has 0 bridgehead atoms. The Hall–Kier alpha value is -1.91. The fraction of sp³-hybridized carbons (Fsp3) is 0.562. The Morgan fingerprint density at radius 1 is 1.33 bits per heavy atom. The van der Waals surface area contributed by atoms with E-state index in [1.54, 1.807) is 14.2 Å². The van der Waals surface area contributed by atoms with Crippen molar-refractivity contribution in [3.8, 4) is 11.5 Å². The number of nitrogens with zero attached hydrogens (tertiary/aromatic N) is 1. The number of hydrogen-bond acceptors (Lipinski definition) is 3. The van der Waals surface area contributed by atoms with Crippen molar-refractivity contribution in [1.29, 1.82) is 0 Å². The van der Waals surface area contributed by atoms with Gasteiger partial charge in [-0.25, -0.2) is 0 Å². The largest absolute Gasteiger partial charge is 0.497 e. The van der Waals surface area contributed by atoms with Crippen LogP contribution in [-0.2, 0) is 6.54 Å². The van der Waals surface area contributed by atoms with E-state index >= 15 is 0 Å². The van der Waals surface area contributed by atoms with E-state index in [0.717, 1.165) is 35.9 Å². The van der Waals surface area contributed by atoms with Gasteiger partial charge in [0.1, 0.15) is 11.5 Å². The summed E-state index contributed by atoms with van der Waals surface area (Å²) in [7, 11) is 5.28. The number of rotatable bonds is 5. The molecule has 1 fully saturated rings. The summed E-state index contributed by atoms with van der Waals surface area (Å²) in [5.74, 6) is 2.49. The van der Waals surface area contributed by atoms with Gasteiger partial charge in [0.25, 0.3) is 0 Å². The van der Waals surface area contributed by atoms with Gasteiger partial charge in [-0.05, 0) is 37.8 Å². The smallest absolute Gasteiger partial charge is 0.190 e. The molecule has 1 aromatic rings. The summed E-state index contributed by atoms with van der Waals surface area (Å²) in [6.07, 6.45) is 5.13. The van der Waals surface area contributed by atoms with Gasteiger partial charge in [0.2, 0.25) is 0 Å². The van der Waals surface area contributed by atoms with Crippen LogP contribution < -0.4 is 20.1 Å². The molecule has 2 rings (SSSR count). The Morgan fingerprint density at radius 2 is 2.10 bits per heavy atom. The molecule has 1 aromatic carbocycles. The molecule has 0 atom stereocenters. The summed E-state index contributed by atoms with van der Waals surface area (Å²) in [5.41, 5.74) is 1.11. The van der Waals surface area contributed by atoms with E-state index < -0.39 is 0 Å². The summed E-state index contributed by atoms with van der Waals surface area (Å²) in [5, 5.41) is 6.27. The maximum Gasteiger partial charge on any atom is 0.190 e. The second-order valence-corrected chi connectivity index (χ2v) is 5.17. The van der Waals surface area contributed by atoms with Crippen molar-refractivity contribution in [2.75, 3.05) is 21.2 Å². The average Bonchev–Trinajstić information content (AvgIpc) is 3.02. The Labute approximate surface area is 126 Å². The van der Waals surface area contributed by atoms with Crippen LogP contribution in [0.1, 0.15) is 31.2 Å². The molecule has 0 unspecified atom stereocenters. The monoisotopic (exact) mass is 291 g/mol. The molecule has 0 amide bonds. The molecule has 5 heteroatoms. The topological polar surface area (TPSA) is 54.9 Å². The van der Waals surface area contributed by atoms with Gasteiger partial charge in [-0.1, -0.05) is 0 Å². The van der Waals surface area contributed by atoms with E-state index in [4.69, 9.17) is 9.47 Å². The van der Waals surface area contributed by atoms with E-state index in [2.05, 4.69) is 15.6 Å². The van der Waals surface area contributed by atoms with Gasteiger partial charge in [0.05, 0.1) is 13.2 Å². The molecular weight excluding hydrogens is 266 g/mol. The molecule has 1 saturated carbocycles. The highest BCUT2D eigenvalue weighted by Crippen LogP contribution is 2.29. The van der Waals surface area contributed by atoms with Crippen LogP contribution in [0, 0.1) is 0 Å². The summed E-state index contributed by atoms with van der Waals surface area (Å²) < 4.78 is 11.5. The van der Waals surface area contributed by atoms with Crippen LogP contribution in [-0.4, -0.2) is 33.3 Å². The molecule has 1 aliphatic rings. The van der Waals surface area contributed by atoms with Crippen molar-refractivity contribution in [3.05, 3.63) is 23.8 Å². The van der Waals surface area contributed by atoms with E-state index in [-0.39, 0.29) is 0 Å². The third-order valence-corrected chi connectivity index (χ3v) is 3.78. The van der Waals surface area contributed by atoms with Crippen LogP contribution in [0.3, 0.4) is 0 Å². The van der Waals surface area contributed by atoms with Crippen LogP contribution in [0.25, 0.3) is 0 Å². The Bertz CT molecular complexity index is 482. The number of aliphatic imine (C=N–C) groups is 1. The highest BCUT2D eigenvalue weighted by molar-refractivity contribution is 5.79. The molecule has 2 N–H and O–H groups in total. The minimum atomic E-state index is 0.333. The summed E-state index contributed by atoms with van der Waals surface area (Å²) in [6.45, 7) is 0.666. The molecule has 116 valence electrons. The average molecular weight is 291 g/mol. The molecule has 1 aliphatic carbocycles. The van der Waals surface area contributed by atoms with Crippen molar-refractivity contribution >= 4 is 5.96 Å². The zero-order valence-corrected chi connectivity index (χ0v) is 13.1. The van der Waals surface area contributed by atoms with Gasteiger partial charge >= 0.3 is 0 Å². The number of benzene rings is 1. The molecule has 0 heterocycles. The van der Waals surface area contributed by atoms with Crippen molar-refractivity contribution in [2.45, 2.75) is 38.3 Å². The SMILES string of the molecule is CN=C(NC)NCc1ccc(OC)cc1OC1CCCC1. The Balaban J connectivity index is 2.10. The quantitative estimate of drug-likeness (QED) is 0.646. The first kappa shape index (κ1) is 15.5. The van der Waals surface area contributed by atoms with Gasteiger partial charge in [-0.3, -0.25) is 4.99 Å². The highest BCUT2D eigenvalue weighted by Gasteiger charge is 2.18. The minimum absolute atomic E-state index is 0.333. The molecular formula is C16H25N3O2. The van der Waals surface area contributed by atoms with Crippen LogP contribution in [0.15, 0.2) is 23.2 Å². The van der Waals surface area contributed by atoms with Crippen molar-refractivity contribution in [3.63, 3.8) is 0 Å². The van der Waals surface area contributed by atoms with Crippen LogP contribution >= 0.6 is 0 Å².